The van der Waals surface area contributed by atoms with Crippen LogP contribution in [0.25, 0.3) is 0 Å². The summed E-state index contributed by atoms with van der Waals surface area (Å²) in [5.74, 6) is -0.122. The van der Waals surface area contributed by atoms with Gasteiger partial charge in [0.25, 0.3) is 0 Å². The molecule has 0 saturated carbocycles. The molecule has 0 aliphatic rings. The molecule has 0 bridgehead atoms. The second kappa shape index (κ2) is 11.1. The lowest BCUT2D eigenvalue weighted by Crippen LogP contribution is -2.42. The van der Waals surface area contributed by atoms with Gasteiger partial charge in [0.15, 0.2) is 0 Å². The van der Waals surface area contributed by atoms with Crippen LogP contribution in [0.1, 0.15) is 66.4 Å². The number of hydroxylamine groups is 1. The largest absolute Gasteiger partial charge is 0.338 e. The van der Waals surface area contributed by atoms with E-state index >= 15 is 0 Å². The molecule has 0 heterocycles. The highest BCUT2D eigenvalue weighted by Crippen LogP contribution is 2.26. The van der Waals surface area contributed by atoms with Crippen LogP contribution in [0.5, 0.6) is 0 Å². The van der Waals surface area contributed by atoms with E-state index in [1.165, 1.54) is 5.56 Å². The van der Waals surface area contributed by atoms with Crippen molar-refractivity contribution in [1.29, 1.82) is 0 Å². The number of amides is 3. The average molecular weight is 392 g/mol. The third kappa shape index (κ3) is 11.6. The highest BCUT2D eigenvalue weighted by molar-refractivity contribution is 5.75. The summed E-state index contributed by atoms with van der Waals surface area (Å²) in [7, 11) is 0. The Hall–Kier alpha value is -2.08. The highest BCUT2D eigenvalue weighted by atomic mass is 16.7. The number of nitrogens with one attached hydrogen (secondary N) is 3. The molecule has 0 saturated heterocycles. The summed E-state index contributed by atoms with van der Waals surface area (Å²) in [5, 5.41) is 5.88. The van der Waals surface area contributed by atoms with E-state index in [0.717, 1.165) is 19.3 Å². The van der Waals surface area contributed by atoms with Gasteiger partial charge in [-0.25, -0.2) is 10.3 Å². The molecular formula is C22H37N3O3. The van der Waals surface area contributed by atoms with Gasteiger partial charge in [-0.3, -0.25) is 9.63 Å². The van der Waals surface area contributed by atoms with Gasteiger partial charge in [-0.15, -0.1) is 0 Å². The zero-order chi connectivity index (χ0) is 21.2. The molecular weight excluding hydrogens is 354 g/mol. The van der Waals surface area contributed by atoms with E-state index in [9.17, 15) is 9.59 Å². The van der Waals surface area contributed by atoms with Crippen LogP contribution in [0.4, 0.5) is 4.79 Å². The number of hydrogen-bond donors (Lipinski definition) is 3. The third-order valence-corrected chi connectivity index (χ3v) is 4.35. The van der Waals surface area contributed by atoms with Crippen LogP contribution in [0.3, 0.4) is 0 Å². The number of benzene rings is 1. The minimum atomic E-state index is -0.403. The maximum absolute atomic E-state index is 12.1. The number of hydrogen-bond acceptors (Lipinski definition) is 3. The number of urea groups is 1. The Balaban J connectivity index is 2.23. The fourth-order valence-corrected chi connectivity index (χ4v) is 2.65. The monoisotopic (exact) mass is 391 g/mol. The predicted molar refractivity (Wildman–Crippen MR) is 113 cm³/mol. The van der Waals surface area contributed by atoms with E-state index in [1.54, 1.807) is 0 Å². The summed E-state index contributed by atoms with van der Waals surface area (Å²) in [6.45, 7) is 12.4. The van der Waals surface area contributed by atoms with E-state index in [0.29, 0.717) is 13.0 Å². The molecule has 0 aliphatic carbocycles. The van der Waals surface area contributed by atoms with Crippen molar-refractivity contribution in [2.45, 2.75) is 78.9 Å². The lowest BCUT2D eigenvalue weighted by atomic mass is 9.84. The summed E-state index contributed by atoms with van der Waals surface area (Å²) in [6.07, 6.45) is 2.70. The first-order valence-electron chi connectivity index (χ1n) is 10.0. The smallest absolute Gasteiger partial charge is 0.315 e. The van der Waals surface area contributed by atoms with Crippen molar-refractivity contribution in [3.63, 3.8) is 0 Å². The molecule has 0 unspecified atom stereocenters. The molecule has 1 aromatic carbocycles. The summed E-state index contributed by atoms with van der Waals surface area (Å²) < 4.78 is 0. The first-order chi connectivity index (χ1) is 13.0. The van der Waals surface area contributed by atoms with Crippen molar-refractivity contribution < 1.29 is 14.4 Å². The molecule has 3 amide bonds. The Kier molecular flexibility index (Phi) is 9.46. The second-order valence-electron chi connectivity index (χ2n) is 9.14. The van der Waals surface area contributed by atoms with Gasteiger partial charge in [0.1, 0.15) is 0 Å². The fourth-order valence-electron chi connectivity index (χ4n) is 2.65. The lowest BCUT2D eigenvalue weighted by Gasteiger charge is -2.25. The summed E-state index contributed by atoms with van der Waals surface area (Å²) >= 11 is 0. The molecule has 1 atom stereocenters. The van der Waals surface area contributed by atoms with Gasteiger partial charge >= 0.3 is 6.03 Å². The first kappa shape index (κ1) is 24.0. The normalized spacial score (nSPS) is 12.9. The standard InChI is InChI=1S/C22H37N3O3/c1-17(16-18-10-8-7-9-11-18)24-20(27)23-15-14-22(5,6)13-12-19(26)25-28-21(2,3)4/h7-11,17H,12-16H2,1-6H3,(H,25,26)(H2,23,24,27)/t17-/m0/s1. The Morgan fingerprint density at radius 2 is 1.68 bits per heavy atom. The highest BCUT2D eigenvalue weighted by Gasteiger charge is 2.20. The Bertz CT molecular complexity index is 609. The van der Waals surface area contributed by atoms with Crippen LogP contribution in [0, 0.1) is 5.41 Å². The second-order valence-corrected chi connectivity index (χ2v) is 9.14. The molecule has 6 nitrogen and oxygen atoms in total. The van der Waals surface area contributed by atoms with Crippen molar-refractivity contribution in [3.05, 3.63) is 35.9 Å². The Morgan fingerprint density at radius 3 is 2.29 bits per heavy atom. The average Bonchev–Trinajstić information content (AvgIpc) is 2.58. The minimum Gasteiger partial charge on any atom is -0.338 e. The lowest BCUT2D eigenvalue weighted by molar-refractivity contribution is -0.146. The molecule has 0 spiro atoms. The quantitative estimate of drug-likeness (QED) is 0.528. The van der Waals surface area contributed by atoms with Gasteiger partial charge < -0.3 is 10.6 Å². The van der Waals surface area contributed by atoms with Crippen molar-refractivity contribution in [2.24, 2.45) is 5.41 Å². The van der Waals surface area contributed by atoms with Crippen LogP contribution in [0.2, 0.25) is 0 Å². The van der Waals surface area contributed by atoms with E-state index in [4.69, 9.17) is 4.84 Å². The first-order valence-corrected chi connectivity index (χ1v) is 10.0. The maximum Gasteiger partial charge on any atom is 0.315 e. The zero-order valence-corrected chi connectivity index (χ0v) is 18.2. The maximum atomic E-state index is 12.1. The Morgan fingerprint density at radius 1 is 1.04 bits per heavy atom. The van der Waals surface area contributed by atoms with Crippen molar-refractivity contribution in [1.82, 2.24) is 16.1 Å². The molecule has 0 aliphatic heterocycles. The van der Waals surface area contributed by atoms with Gasteiger partial charge in [0.05, 0.1) is 5.60 Å². The molecule has 0 fully saturated rings. The zero-order valence-electron chi connectivity index (χ0n) is 18.2. The minimum absolute atomic E-state index is 0.0536. The van der Waals surface area contributed by atoms with E-state index in [-0.39, 0.29) is 23.4 Å². The summed E-state index contributed by atoms with van der Waals surface area (Å²) in [6, 6.07) is 10.00. The number of rotatable bonds is 10. The van der Waals surface area contributed by atoms with Crippen LogP contribution in [-0.4, -0.2) is 30.1 Å². The Labute approximate surface area is 169 Å². The van der Waals surface area contributed by atoms with Gasteiger partial charge in [-0.1, -0.05) is 44.2 Å². The van der Waals surface area contributed by atoms with Crippen LogP contribution >= 0.6 is 0 Å². The SMILES string of the molecule is C[C@@H](Cc1ccccc1)NC(=O)NCCC(C)(C)CCC(=O)NOC(C)(C)C. The van der Waals surface area contributed by atoms with Gasteiger partial charge in [-0.05, 0) is 57.9 Å². The topological polar surface area (TPSA) is 79.5 Å². The van der Waals surface area contributed by atoms with E-state index < -0.39 is 5.60 Å². The third-order valence-electron chi connectivity index (χ3n) is 4.35. The molecule has 1 aromatic rings. The van der Waals surface area contributed by atoms with E-state index in [1.807, 2.05) is 45.9 Å². The van der Waals surface area contributed by atoms with Crippen LogP contribution < -0.4 is 16.1 Å². The van der Waals surface area contributed by atoms with E-state index in [2.05, 4.69) is 42.1 Å². The molecule has 0 aromatic heterocycles. The van der Waals surface area contributed by atoms with Crippen LogP contribution in [-0.2, 0) is 16.1 Å². The molecule has 0 radical (unpaired) electrons. The van der Waals surface area contributed by atoms with Crippen molar-refractivity contribution >= 4 is 11.9 Å². The summed E-state index contributed by atoms with van der Waals surface area (Å²) in [4.78, 5) is 29.2. The molecule has 3 N–H and O–H groups in total. The molecule has 1 rings (SSSR count). The summed E-state index contributed by atoms with van der Waals surface area (Å²) in [5.41, 5.74) is 3.24. The molecule has 158 valence electrons. The van der Waals surface area contributed by atoms with Gasteiger partial charge in [0.2, 0.25) is 5.91 Å². The molecule has 6 heteroatoms. The van der Waals surface area contributed by atoms with Crippen molar-refractivity contribution in [3.8, 4) is 0 Å². The number of carbonyl (C=O) groups is 2. The predicted octanol–water partition coefficient (Wildman–Crippen LogP) is 3.96. The van der Waals surface area contributed by atoms with Crippen molar-refractivity contribution in [2.75, 3.05) is 6.54 Å². The fraction of sp³-hybridized carbons (Fsp3) is 0.636. The van der Waals surface area contributed by atoms with Gasteiger partial charge in [-0.2, -0.15) is 0 Å². The molecule has 28 heavy (non-hydrogen) atoms. The number of carbonyl (C=O) groups excluding carboxylic acids is 2. The van der Waals surface area contributed by atoms with Crippen LogP contribution in [0.15, 0.2) is 30.3 Å². The van der Waals surface area contributed by atoms with Gasteiger partial charge in [0, 0.05) is 19.0 Å².